The molecule has 0 amide bonds. The average molecular weight is 218 g/mol. The number of hydrogen-bond donors (Lipinski definition) is 1. The first-order chi connectivity index (χ1) is 7.83. The van der Waals surface area contributed by atoms with Crippen molar-refractivity contribution < 1.29 is 4.74 Å². The molecule has 1 aromatic rings. The fraction of sp³-hybridized carbons (Fsp3) is 0.538. The van der Waals surface area contributed by atoms with Crippen molar-refractivity contribution in [1.29, 1.82) is 0 Å². The van der Waals surface area contributed by atoms with Gasteiger partial charge in [-0.25, -0.2) is 0 Å². The van der Waals surface area contributed by atoms with Crippen LogP contribution in [0.1, 0.15) is 17.9 Å². The Morgan fingerprint density at radius 2 is 2.25 bits per heavy atom. The summed E-state index contributed by atoms with van der Waals surface area (Å²) in [6.07, 6.45) is 1.13. The molecule has 1 aromatic carbocycles. The molecule has 0 bridgehead atoms. The van der Waals surface area contributed by atoms with Crippen LogP contribution in [0.15, 0.2) is 24.3 Å². The van der Waals surface area contributed by atoms with E-state index in [0.717, 1.165) is 38.4 Å². The van der Waals surface area contributed by atoms with Crippen LogP contribution in [0.2, 0.25) is 0 Å². The lowest BCUT2D eigenvalue weighted by Gasteiger charge is -2.19. The van der Waals surface area contributed by atoms with E-state index in [1.807, 2.05) is 6.07 Å². The molecule has 3 nitrogen and oxygen atoms in total. The van der Waals surface area contributed by atoms with Gasteiger partial charge in [0.1, 0.15) is 5.75 Å². The number of benzene rings is 1. The number of likely N-dealkylation sites (tertiary alicyclic amines) is 1. The Morgan fingerprint density at radius 1 is 1.38 bits per heavy atom. The maximum Gasteiger partial charge on any atom is 0.122 e. The van der Waals surface area contributed by atoms with Crippen LogP contribution in [0.25, 0.3) is 0 Å². The molecule has 1 fully saturated rings. The second-order valence-electron chi connectivity index (χ2n) is 4.85. The molecular weight excluding hydrogens is 200 g/mol. The van der Waals surface area contributed by atoms with Crippen LogP contribution in [0.3, 0.4) is 0 Å². The molecular formula is C13H18N2O. The Labute approximate surface area is 96.2 Å². The van der Waals surface area contributed by atoms with E-state index >= 15 is 0 Å². The zero-order chi connectivity index (χ0) is 11.0. The van der Waals surface area contributed by atoms with Crippen LogP contribution in [0.5, 0.6) is 5.75 Å². The van der Waals surface area contributed by atoms with Crippen molar-refractivity contribution in [1.82, 2.24) is 4.90 Å². The second-order valence-corrected chi connectivity index (χ2v) is 4.85. The van der Waals surface area contributed by atoms with Gasteiger partial charge < -0.3 is 15.4 Å². The second kappa shape index (κ2) is 4.07. The summed E-state index contributed by atoms with van der Waals surface area (Å²) in [5.74, 6) is 1.59. The van der Waals surface area contributed by atoms with Crippen molar-refractivity contribution in [2.45, 2.75) is 18.4 Å². The lowest BCUT2D eigenvalue weighted by Crippen LogP contribution is -2.30. The zero-order valence-electron chi connectivity index (χ0n) is 9.43. The maximum atomic E-state index is 5.92. The van der Waals surface area contributed by atoms with Crippen LogP contribution in [0.4, 0.5) is 0 Å². The maximum absolute atomic E-state index is 5.92. The fourth-order valence-electron chi connectivity index (χ4n) is 2.72. The van der Waals surface area contributed by atoms with Gasteiger partial charge in [-0.15, -0.1) is 0 Å². The van der Waals surface area contributed by atoms with E-state index in [-0.39, 0.29) is 0 Å². The van der Waals surface area contributed by atoms with Gasteiger partial charge >= 0.3 is 0 Å². The minimum Gasteiger partial charge on any atom is -0.493 e. The van der Waals surface area contributed by atoms with Crippen molar-refractivity contribution in [2.75, 3.05) is 26.2 Å². The minimum atomic E-state index is 0.373. The van der Waals surface area contributed by atoms with Crippen LogP contribution in [-0.2, 0) is 0 Å². The standard InChI is InChI=1S/C13H18N2O/c14-11-5-6-15(8-11)7-10-9-16-13-4-2-1-3-12(10)13/h1-4,10-11H,5-9,14H2/t10?,11-/m0/s1. The predicted octanol–water partition coefficient (Wildman–Crippen LogP) is 1.20. The van der Waals surface area contributed by atoms with Crippen molar-refractivity contribution in [3.8, 4) is 5.75 Å². The number of nitrogens with zero attached hydrogens (tertiary/aromatic N) is 1. The molecule has 0 saturated carbocycles. The van der Waals surface area contributed by atoms with E-state index in [0.29, 0.717) is 12.0 Å². The van der Waals surface area contributed by atoms with Crippen molar-refractivity contribution in [3.63, 3.8) is 0 Å². The molecule has 0 spiro atoms. The van der Waals surface area contributed by atoms with Gasteiger partial charge in [-0.05, 0) is 19.0 Å². The summed E-state index contributed by atoms with van der Waals surface area (Å²) in [6.45, 7) is 4.09. The molecule has 16 heavy (non-hydrogen) atoms. The summed E-state index contributed by atoms with van der Waals surface area (Å²) in [5.41, 5.74) is 7.28. The van der Waals surface area contributed by atoms with Gasteiger partial charge in [0.15, 0.2) is 0 Å². The van der Waals surface area contributed by atoms with E-state index in [1.54, 1.807) is 0 Å². The molecule has 2 heterocycles. The van der Waals surface area contributed by atoms with Gasteiger partial charge in [-0.2, -0.15) is 0 Å². The molecule has 3 rings (SSSR count). The Bertz CT molecular complexity index is 380. The highest BCUT2D eigenvalue weighted by atomic mass is 16.5. The van der Waals surface area contributed by atoms with E-state index < -0.39 is 0 Å². The normalized spacial score (nSPS) is 29.1. The number of rotatable bonds is 2. The van der Waals surface area contributed by atoms with Gasteiger partial charge in [-0.3, -0.25) is 0 Å². The molecule has 2 aliphatic heterocycles. The third kappa shape index (κ3) is 1.81. The third-order valence-corrected chi connectivity index (χ3v) is 3.59. The number of nitrogens with two attached hydrogens (primary N) is 1. The van der Waals surface area contributed by atoms with Crippen molar-refractivity contribution in [2.24, 2.45) is 5.73 Å². The Hall–Kier alpha value is -1.06. The van der Waals surface area contributed by atoms with Crippen molar-refractivity contribution in [3.05, 3.63) is 29.8 Å². The first kappa shape index (κ1) is 10.1. The van der Waals surface area contributed by atoms with Gasteiger partial charge in [0.25, 0.3) is 0 Å². The monoisotopic (exact) mass is 218 g/mol. The van der Waals surface area contributed by atoms with Gasteiger partial charge in [0.2, 0.25) is 0 Å². The molecule has 2 N–H and O–H groups in total. The molecule has 0 aliphatic carbocycles. The Balaban J connectivity index is 1.69. The SMILES string of the molecule is N[C@H]1CCN(CC2COc3ccccc32)C1. The Kier molecular flexibility index (Phi) is 2.58. The lowest BCUT2D eigenvalue weighted by molar-refractivity contribution is 0.266. The molecule has 1 unspecified atom stereocenters. The number of para-hydroxylation sites is 1. The minimum absolute atomic E-state index is 0.373. The van der Waals surface area contributed by atoms with Crippen LogP contribution in [-0.4, -0.2) is 37.2 Å². The van der Waals surface area contributed by atoms with Crippen LogP contribution in [0, 0.1) is 0 Å². The predicted molar refractivity (Wildman–Crippen MR) is 63.7 cm³/mol. The molecule has 0 aromatic heterocycles. The Morgan fingerprint density at radius 3 is 3.06 bits per heavy atom. The zero-order valence-corrected chi connectivity index (χ0v) is 9.43. The summed E-state index contributed by atoms with van der Waals surface area (Å²) in [6, 6.07) is 8.75. The highest BCUT2D eigenvalue weighted by Gasteiger charge is 2.28. The number of hydrogen-bond acceptors (Lipinski definition) is 3. The molecule has 3 heteroatoms. The molecule has 1 saturated heterocycles. The quantitative estimate of drug-likeness (QED) is 0.810. The molecule has 86 valence electrons. The van der Waals surface area contributed by atoms with E-state index in [4.69, 9.17) is 10.5 Å². The molecule has 2 aliphatic rings. The molecule has 0 radical (unpaired) electrons. The summed E-state index contributed by atoms with van der Waals surface area (Å²) in [7, 11) is 0. The van der Waals surface area contributed by atoms with Gasteiger partial charge in [0.05, 0.1) is 6.61 Å². The first-order valence-corrected chi connectivity index (χ1v) is 6.02. The largest absolute Gasteiger partial charge is 0.493 e. The van der Waals surface area contributed by atoms with Gasteiger partial charge in [-0.1, -0.05) is 18.2 Å². The smallest absolute Gasteiger partial charge is 0.122 e. The average Bonchev–Trinajstić information content (AvgIpc) is 2.87. The summed E-state index contributed by atoms with van der Waals surface area (Å²) < 4.78 is 5.69. The number of fused-ring (bicyclic) bond motifs is 1. The van der Waals surface area contributed by atoms with E-state index in [2.05, 4.69) is 23.1 Å². The van der Waals surface area contributed by atoms with Gasteiger partial charge in [0, 0.05) is 30.6 Å². The summed E-state index contributed by atoms with van der Waals surface area (Å²) >= 11 is 0. The van der Waals surface area contributed by atoms with Crippen molar-refractivity contribution >= 4 is 0 Å². The highest BCUT2D eigenvalue weighted by molar-refractivity contribution is 5.39. The topological polar surface area (TPSA) is 38.5 Å². The highest BCUT2D eigenvalue weighted by Crippen LogP contribution is 2.34. The lowest BCUT2D eigenvalue weighted by atomic mass is 10.0. The first-order valence-electron chi connectivity index (χ1n) is 6.02. The fourth-order valence-corrected chi connectivity index (χ4v) is 2.72. The summed E-state index contributed by atoms with van der Waals surface area (Å²) in [4.78, 5) is 2.46. The van der Waals surface area contributed by atoms with E-state index in [1.165, 1.54) is 5.56 Å². The number of ether oxygens (including phenoxy) is 1. The summed E-state index contributed by atoms with van der Waals surface area (Å²) in [5, 5.41) is 0. The van der Waals surface area contributed by atoms with E-state index in [9.17, 15) is 0 Å². The third-order valence-electron chi connectivity index (χ3n) is 3.59. The van der Waals surface area contributed by atoms with Crippen LogP contribution < -0.4 is 10.5 Å². The van der Waals surface area contributed by atoms with Crippen LogP contribution >= 0.6 is 0 Å². The molecule has 2 atom stereocenters.